The molecule has 1 aliphatic carbocycles. The van der Waals surface area contributed by atoms with Crippen molar-refractivity contribution in [2.45, 2.75) is 64.1 Å². The third-order valence-electron chi connectivity index (χ3n) is 7.78. The maximum atomic E-state index is 13.6. The van der Waals surface area contributed by atoms with Gasteiger partial charge in [-0.25, -0.2) is 0 Å². The van der Waals surface area contributed by atoms with Gasteiger partial charge in [0.15, 0.2) is 0 Å². The zero-order valence-corrected chi connectivity index (χ0v) is 22.1. The van der Waals surface area contributed by atoms with Gasteiger partial charge >= 0.3 is 0 Å². The van der Waals surface area contributed by atoms with Crippen molar-refractivity contribution in [3.05, 3.63) is 71.8 Å². The monoisotopic (exact) mass is 513 g/mol. The summed E-state index contributed by atoms with van der Waals surface area (Å²) in [7, 11) is 1.61. The number of nitrogens with one attached hydrogen (secondary N) is 1. The summed E-state index contributed by atoms with van der Waals surface area (Å²) in [5.74, 6) is 0.454. The first-order chi connectivity index (χ1) is 18.5. The fraction of sp³-hybridized carbons (Fsp3) is 0.387. The normalized spacial score (nSPS) is 15.6. The van der Waals surface area contributed by atoms with Gasteiger partial charge in [0.2, 0.25) is 11.8 Å². The van der Waals surface area contributed by atoms with Crippen molar-refractivity contribution >= 4 is 34.2 Å². The molecule has 198 valence electrons. The summed E-state index contributed by atoms with van der Waals surface area (Å²) in [6.07, 6.45) is 4.96. The van der Waals surface area contributed by atoms with Crippen LogP contribution in [-0.2, 0) is 16.1 Å². The Morgan fingerprint density at radius 1 is 1.08 bits per heavy atom. The Bertz CT molecular complexity index is 1340. The number of benzene rings is 3. The van der Waals surface area contributed by atoms with Gasteiger partial charge in [-0.2, -0.15) is 0 Å². The topological polar surface area (TPSA) is 79.0 Å². The number of ether oxygens (including phenoxy) is 1. The van der Waals surface area contributed by atoms with Crippen LogP contribution in [0, 0.1) is 0 Å². The second kappa shape index (κ2) is 11.3. The summed E-state index contributed by atoms with van der Waals surface area (Å²) in [4.78, 5) is 43.2. The van der Waals surface area contributed by atoms with Gasteiger partial charge in [-0.15, -0.1) is 0 Å². The van der Waals surface area contributed by atoms with Crippen molar-refractivity contribution in [2.75, 3.05) is 18.6 Å². The predicted octanol–water partition coefficient (Wildman–Crippen LogP) is 5.06. The molecule has 7 nitrogen and oxygen atoms in total. The van der Waals surface area contributed by atoms with E-state index in [4.69, 9.17) is 4.74 Å². The first-order valence-electron chi connectivity index (χ1n) is 13.5. The molecular formula is C31H35N3O4. The number of methoxy groups -OCH3 is 1. The van der Waals surface area contributed by atoms with Gasteiger partial charge in [0.25, 0.3) is 5.91 Å². The summed E-state index contributed by atoms with van der Waals surface area (Å²) in [5, 5.41) is 5.16. The smallest absolute Gasteiger partial charge is 0.258 e. The molecule has 1 atom stereocenters. The molecule has 0 bridgehead atoms. The highest BCUT2D eigenvalue weighted by Crippen LogP contribution is 2.37. The minimum Gasteiger partial charge on any atom is -0.497 e. The zero-order chi connectivity index (χ0) is 26.6. The third kappa shape index (κ3) is 5.23. The SMILES string of the molecule is COc1cccc(CN(C(=O)CCCN2C(=O)c3cccc4cccc2c34)[C@@H](C)C(=O)NC2CCCC2)c1. The van der Waals surface area contributed by atoms with Crippen molar-refractivity contribution < 1.29 is 19.1 Å². The summed E-state index contributed by atoms with van der Waals surface area (Å²) >= 11 is 0. The van der Waals surface area contributed by atoms with E-state index in [1.807, 2.05) is 60.7 Å². The summed E-state index contributed by atoms with van der Waals surface area (Å²) in [5.41, 5.74) is 2.50. The molecule has 5 rings (SSSR count). The number of carbonyl (C=O) groups is 3. The quantitative estimate of drug-likeness (QED) is 0.411. The summed E-state index contributed by atoms with van der Waals surface area (Å²) in [6.45, 7) is 2.54. The molecule has 0 unspecified atom stereocenters. The maximum Gasteiger partial charge on any atom is 0.258 e. The van der Waals surface area contributed by atoms with Crippen molar-refractivity contribution in [2.24, 2.45) is 0 Å². The lowest BCUT2D eigenvalue weighted by Gasteiger charge is -2.30. The fourth-order valence-corrected chi connectivity index (χ4v) is 5.68. The van der Waals surface area contributed by atoms with Gasteiger partial charge in [0, 0.05) is 36.5 Å². The van der Waals surface area contributed by atoms with Crippen molar-refractivity contribution in [1.82, 2.24) is 10.2 Å². The van der Waals surface area contributed by atoms with Crippen LogP contribution in [0.3, 0.4) is 0 Å². The summed E-state index contributed by atoms with van der Waals surface area (Å²) in [6, 6.07) is 18.9. The van der Waals surface area contributed by atoms with Gasteiger partial charge in [-0.05, 0) is 61.4 Å². The van der Waals surface area contributed by atoms with Gasteiger partial charge in [-0.1, -0.05) is 49.2 Å². The molecule has 1 aliphatic heterocycles. The Morgan fingerprint density at radius 3 is 2.58 bits per heavy atom. The Labute approximate surface area is 223 Å². The highest BCUT2D eigenvalue weighted by molar-refractivity contribution is 6.25. The molecule has 1 fully saturated rings. The van der Waals surface area contributed by atoms with E-state index in [-0.39, 0.29) is 30.2 Å². The van der Waals surface area contributed by atoms with E-state index >= 15 is 0 Å². The number of nitrogens with zero attached hydrogens (tertiary/aromatic N) is 2. The second-order valence-corrected chi connectivity index (χ2v) is 10.3. The van der Waals surface area contributed by atoms with E-state index in [1.165, 1.54) is 0 Å². The Balaban J connectivity index is 1.28. The van der Waals surface area contributed by atoms with Crippen molar-refractivity contribution in [1.29, 1.82) is 0 Å². The van der Waals surface area contributed by atoms with Crippen LogP contribution >= 0.6 is 0 Å². The summed E-state index contributed by atoms with van der Waals surface area (Å²) < 4.78 is 5.36. The molecule has 1 saturated carbocycles. The average Bonchev–Trinajstić information content (AvgIpc) is 3.55. The molecule has 3 amide bonds. The standard InChI is InChI=1S/C31H35N3O4/c1-21(30(36)32-24-12-3-4-13-24)34(20-22-9-5-14-25(19-22)38-2)28(35)17-8-18-33-27-16-7-11-23-10-6-15-26(29(23)27)31(33)37/h5-7,9-11,14-16,19,21,24H,3-4,8,12-13,17-18,20H2,1-2H3,(H,32,36)/t21-/m0/s1. The molecule has 38 heavy (non-hydrogen) atoms. The number of carbonyl (C=O) groups excluding carboxylic acids is 3. The van der Waals surface area contributed by atoms with E-state index in [1.54, 1.807) is 23.8 Å². The van der Waals surface area contributed by atoms with E-state index in [9.17, 15) is 14.4 Å². The average molecular weight is 514 g/mol. The van der Waals surface area contributed by atoms with Crippen LogP contribution in [0.25, 0.3) is 10.8 Å². The Hall–Kier alpha value is -3.87. The molecule has 1 N–H and O–H groups in total. The second-order valence-electron chi connectivity index (χ2n) is 10.3. The Morgan fingerprint density at radius 2 is 1.82 bits per heavy atom. The molecule has 3 aromatic carbocycles. The molecule has 1 heterocycles. The molecule has 0 aromatic heterocycles. The number of amides is 3. The molecule has 2 aliphatic rings. The Kier molecular flexibility index (Phi) is 7.63. The lowest BCUT2D eigenvalue weighted by molar-refractivity contribution is -0.141. The minimum absolute atomic E-state index is 0.0261. The van der Waals surface area contributed by atoms with E-state index in [0.717, 1.165) is 47.7 Å². The van der Waals surface area contributed by atoms with Gasteiger partial charge in [-0.3, -0.25) is 14.4 Å². The van der Waals surface area contributed by atoms with Crippen molar-refractivity contribution in [3.8, 4) is 5.75 Å². The lowest BCUT2D eigenvalue weighted by atomic mass is 10.1. The molecule has 0 saturated heterocycles. The van der Waals surface area contributed by atoms with E-state index in [2.05, 4.69) is 5.32 Å². The van der Waals surface area contributed by atoms with Gasteiger partial charge < -0.3 is 19.9 Å². The van der Waals surface area contributed by atoms with Crippen LogP contribution in [0.4, 0.5) is 5.69 Å². The number of rotatable bonds is 10. The van der Waals surface area contributed by atoms with E-state index < -0.39 is 6.04 Å². The maximum absolute atomic E-state index is 13.6. The molecular weight excluding hydrogens is 478 g/mol. The third-order valence-corrected chi connectivity index (χ3v) is 7.78. The fourth-order valence-electron chi connectivity index (χ4n) is 5.68. The van der Waals surface area contributed by atoms with Crippen LogP contribution < -0.4 is 15.0 Å². The number of anilines is 1. The minimum atomic E-state index is -0.610. The van der Waals surface area contributed by atoms with Crippen LogP contribution in [0.15, 0.2) is 60.7 Å². The predicted molar refractivity (Wildman–Crippen MR) is 148 cm³/mol. The van der Waals surface area contributed by atoms with Crippen LogP contribution in [0.2, 0.25) is 0 Å². The first-order valence-corrected chi connectivity index (χ1v) is 13.5. The highest BCUT2D eigenvalue weighted by atomic mass is 16.5. The largest absolute Gasteiger partial charge is 0.497 e. The van der Waals surface area contributed by atoms with Gasteiger partial charge in [0.1, 0.15) is 11.8 Å². The van der Waals surface area contributed by atoms with Crippen molar-refractivity contribution in [3.63, 3.8) is 0 Å². The van der Waals surface area contributed by atoms with Crippen LogP contribution in [0.1, 0.15) is 61.4 Å². The van der Waals surface area contributed by atoms with Crippen LogP contribution in [0.5, 0.6) is 5.75 Å². The van der Waals surface area contributed by atoms with Crippen LogP contribution in [-0.4, -0.2) is 48.4 Å². The van der Waals surface area contributed by atoms with Gasteiger partial charge in [0.05, 0.1) is 12.8 Å². The first kappa shape index (κ1) is 25.8. The lowest BCUT2D eigenvalue weighted by Crippen LogP contribution is -2.49. The molecule has 3 aromatic rings. The van der Waals surface area contributed by atoms with E-state index in [0.29, 0.717) is 30.8 Å². The number of hydrogen-bond donors (Lipinski definition) is 1. The zero-order valence-electron chi connectivity index (χ0n) is 22.1. The highest BCUT2D eigenvalue weighted by Gasteiger charge is 2.31. The molecule has 0 radical (unpaired) electrons. The molecule has 7 heteroatoms. The number of hydrogen-bond acceptors (Lipinski definition) is 4. The molecule has 0 spiro atoms.